The van der Waals surface area contributed by atoms with Crippen molar-refractivity contribution < 1.29 is 14.3 Å². The molecule has 0 aromatic heterocycles. The number of carbonyl (C=O) groups excluding carboxylic acids is 2. The Labute approximate surface area is 143 Å². The van der Waals surface area contributed by atoms with Gasteiger partial charge >= 0.3 is 0 Å². The standard InChI is InChI=1S/C18H27N3O3/c1-4-6-10-20-17(22)15-11-12-14(8-7-9-16(12)24-3)21(15)18(23)13(19)5-2/h7-9,13,15H,4-6,10-11,19H2,1-3H3,(H,20,22)/t13-,15+/m0/s1. The summed E-state index contributed by atoms with van der Waals surface area (Å²) in [7, 11) is 1.59. The van der Waals surface area contributed by atoms with E-state index in [4.69, 9.17) is 10.5 Å². The Morgan fingerprint density at radius 2 is 2.17 bits per heavy atom. The van der Waals surface area contributed by atoms with Crippen molar-refractivity contribution in [3.63, 3.8) is 0 Å². The number of hydrogen-bond donors (Lipinski definition) is 2. The summed E-state index contributed by atoms with van der Waals surface area (Å²) in [4.78, 5) is 26.9. The molecule has 24 heavy (non-hydrogen) atoms. The Bertz CT molecular complexity index is 603. The van der Waals surface area contributed by atoms with Crippen molar-refractivity contribution in [1.29, 1.82) is 0 Å². The van der Waals surface area contributed by atoms with Crippen molar-refractivity contribution in [3.8, 4) is 5.75 Å². The molecule has 0 unspecified atom stereocenters. The summed E-state index contributed by atoms with van der Waals surface area (Å²) in [6.45, 7) is 4.54. The quantitative estimate of drug-likeness (QED) is 0.743. The summed E-state index contributed by atoms with van der Waals surface area (Å²) < 4.78 is 5.40. The molecular weight excluding hydrogens is 306 g/mol. The van der Waals surface area contributed by atoms with Gasteiger partial charge in [0.05, 0.1) is 18.8 Å². The smallest absolute Gasteiger partial charge is 0.244 e. The summed E-state index contributed by atoms with van der Waals surface area (Å²) in [6.07, 6.45) is 2.89. The van der Waals surface area contributed by atoms with Gasteiger partial charge in [-0.3, -0.25) is 14.5 Å². The molecule has 0 spiro atoms. The monoisotopic (exact) mass is 333 g/mol. The molecule has 0 bridgehead atoms. The van der Waals surface area contributed by atoms with Crippen molar-refractivity contribution in [2.24, 2.45) is 5.73 Å². The highest BCUT2D eigenvalue weighted by atomic mass is 16.5. The zero-order valence-electron chi connectivity index (χ0n) is 14.7. The SMILES string of the molecule is CCCCNC(=O)[C@H]1Cc2c(OC)cccc2N1C(=O)[C@@H](N)CC. The maximum atomic E-state index is 12.8. The van der Waals surface area contributed by atoms with Gasteiger partial charge in [-0.15, -0.1) is 0 Å². The summed E-state index contributed by atoms with van der Waals surface area (Å²) in [5.74, 6) is 0.331. The van der Waals surface area contributed by atoms with Gasteiger partial charge in [-0.25, -0.2) is 0 Å². The van der Waals surface area contributed by atoms with Crippen LogP contribution in [-0.4, -0.2) is 37.6 Å². The van der Waals surface area contributed by atoms with E-state index in [0.29, 0.717) is 25.1 Å². The minimum atomic E-state index is -0.618. The van der Waals surface area contributed by atoms with E-state index in [2.05, 4.69) is 12.2 Å². The number of benzene rings is 1. The largest absolute Gasteiger partial charge is 0.496 e. The maximum absolute atomic E-state index is 12.8. The van der Waals surface area contributed by atoms with Gasteiger partial charge in [0, 0.05) is 18.5 Å². The predicted molar refractivity (Wildman–Crippen MR) is 94.2 cm³/mol. The Morgan fingerprint density at radius 1 is 1.42 bits per heavy atom. The number of nitrogens with zero attached hydrogens (tertiary/aromatic N) is 1. The molecule has 0 aliphatic carbocycles. The van der Waals surface area contributed by atoms with Gasteiger partial charge in [0.2, 0.25) is 11.8 Å². The molecule has 6 heteroatoms. The van der Waals surface area contributed by atoms with Gasteiger partial charge in [0.25, 0.3) is 0 Å². The van der Waals surface area contributed by atoms with Gasteiger partial charge in [-0.1, -0.05) is 26.3 Å². The first-order valence-corrected chi connectivity index (χ1v) is 8.57. The first-order chi connectivity index (χ1) is 11.5. The number of amides is 2. The molecule has 2 atom stereocenters. The number of unbranched alkanes of at least 4 members (excludes halogenated alkanes) is 1. The average Bonchev–Trinajstić information content (AvgIpc) is 2.99. The molecule has 1 aromatic carbocycles. The van der Waals surface area contributed by atoms with Crippen LogP contribution in [0.15, 0.2) is 18.2 Å². The normalized spacial score (nSPS) is 17.3. The predicted octanol–water partition coefficient (Wildman–Crippen LogP) is 1.61. The number of nitrogens with one attached hydrogen (secondary N) is 1. The topological polar surface area (TPSA) is 84.7 Å². The van der Waals surface area contributed by atoms with Crippen LogP contribution < -0.4 is 20.7 Å². The lowest BCUT2D eigenvalue weighted by Crippen LogP contribution is -2.53. The van der Waals surface area contributed by atoms with Gasteiger partial charge in [-0.2, -0.15) is 0 Å². The fourth-order valence-corrected chi connectivity index (χ4v) is 2.97. The van der Waals surface area contributed by atoms with Crippen LogP contribution in [0.4, 0.5) is 5.69 Å². The van der Waals surface area contributed by atoms with E-state index in [1.165, 1.54) is 0 Å². The Kier molecular flexibility index (Phi) is 6.20. The first kappa shape index (κ1) is 18.3. The van der Waals surface area contributed by atoms with Crippen LogP contribution in [0.2, 0.25) is 0 Å². The number of hydrogen-bond acceptors (Lipinski definition) is 4. The van der Waals surface area contributed by atoms with Gasteiger partial charge < -0.3 is 15.8 Å². The Balaban J connectivity index is 2.33. The Morgan fingerprint density at radius 3 is 2.79 bits per heavy atom. The molecule has 1 aliphatic heterocycles. The second-order valence-electron chi connectivity index (χ2n) is 6.05. The van der Waals surface area contributed by atoms with Crippen LogP contribution in [0.5, 0.6) is 5.75 Å². The second-order valence-corrected chi connectivity index (χ2v) is 6.05. The van der Waals surface area contributed by atoms with E-state index in [0.717, 1.165) is 24.1 Å². The van der Waals surface area contributed by atoms with E-state index >= 15 is 0 Å². The van der Waals surface area contributed by atoms with Crippen molar-refractivity contribution in [2.45, 2.75) is 51.6 Å². The average molecular weight is 333 g/mol. The van der Waals surface area contributed by atoms with Crippen molar-refractivity contribution in [3.05, 3.63) is 23.8 Å². The number of anilines is 1. The van der Waals surface area contributed by atoms with Crippen molar-refractivity contribution in [2.75, 3.05) is 18.6 Å². The van der Waals surface area contributed by atoms with Crippen LogP contribution in [0, 0.1) is 0 Å². The third kappa shape index (κ3) is 3.53. The van der Waals surface area contributed by atoms with E-state index in [1.54, 1.807) is 12.0 Å². The number of ether oxygens (including phenoxy) is 1. The van der Waals surface area contributed by atoms with Crippen LogP contribution in [-0.2, 0) is 16.0 Å². The fraction of sp³-hybridized carbons (Fsp3) is 0.556. The van der Waals surface area contributed by atoms with Crippen molar-refractivity contribution in [1.82, 2.24) is 5.32 Å². The van der Waals surface area contributed by atoms with E-state index in [-0.39, 0.29) is 11.8 Å². The lowest BCUT2D eigenvalue weighted by Gasteiger charge is -2.27. The zero-order valence-corrected chi connectivity index (χ0v) is 14.7. The molecule has 0 saturated carbocycles. The molecule has 6 nitrogen and oxygen atoms in total. The minimum absolute atomic E-state index is 0.140. The number of rotatable bonds is 7. The second kappa shape index (κ2) is 8.15. The lowest BCUT2D eigenvalue weighted by molar-refractivity contribution is -0.126. The fourth-order valence-electron chi connectivity index (χ4n) is 2.97. The molecule has 0 saturated heterocycles. The molecule has 1 heterocycles. The van der Waals surface area contributed by atoms with Crippen LogP contribution >= 0.6 is 0 Å². The molecule has 0 radical (unpaired) electrons. The van der Waals surface area contributed by atoms with Crippen LogP contribution in [0.3, 0.4) is 0 Å². The summed E-state index contributed by atoms with van der Waals surface area (Å²) in [5, 5.41) is 2.93. The van der Waals surface area contributed by atoms with E-state index < -0.39 is 12.1 Å². The molecular formula is C18H27N3O3. The lowest BCUT2D eigenvalue weighted by atomic mass is 10.1. The van der Waals surface area contributed by atoms with E-state index in [1.807, 2.05) is 25.1 Å². The molecule has 1 aliphatic rings. The highest BCUT2D eigenvalue weighted by molar-refractivity contribution is 6.06. The van der Waals surface area contributed by atoms with Gasteiger partial charge in [0.1, 0.15) is 11.8 Å². The summed E-state index contributed by atoms with van der Waals surface area (Å²) in [6, 6.07) is 4.33. The minimum Gasteiger partial charge on any atom is -0.496 e. The van der Waals surface area contributed by atoms with E-state index in [9.17, 15) is 9.59 Å². The van der Waals surface area contributed by atoms with Crippen LogP contribution in [0.25, 0.3) is 0 Å². The summed E-state index contributed by atoms with van der Waals surface area (Å²) in [5.41, 5.74) is 7.56. The molecule has 3 N–H and O–H groups in total. The number of fused-ring (bicyclic) bond motifs is 1. The highest BCUT2D eigenvalue weighted by Crippen LogP contribution is 2.38. The first-order valence-electron chi connectivity index (χ1n) is 8.57. The molecule has 0 fully saturated rings. The molecule has 2 rings (SSSR count). The highest BCUT2D eigenvalue weighted by Gasteiger charge is 2.40. The third-order valence-electron chi connectivity index (χ3n) is 4.42. The number of methoxy groups -OCH3 is 1. The molecule has 2 amide bonds. The van der Waals surface area contributed by atoms with Crippen molar-refractivity contribution >= 4 is 17.5 Å². The van der Waals surface area contributed by atoms with Gasteiger partial charge in [-0.05, 0) is 25.0 Å². The number of carbonyl (C=O) groups is 2. The number of nitrogens with two attached hydrogens (primary N) is 1. The molecule has 1 aromatic rings. The van der Waals surface area contributed by atoms with Gasteiger partial charge in [0.15, 0.2) is 0 Å². The zero-order chi connectivity index (χ0) is 17.7. The Hall–Kier alpha value is -2.08. The third-order valence-corrected chi connectivity index (χ3v) is 4.42. The maximum Gasteiger partial charge on any atom is 0.244 e. The van der Waals surface area contributed by atoms with Crippen LogP contribution in [0.1, 0.15) is 38.7 Å². The molecule has 132 valence electrons. The summed E-state index contributed by atoms with van der Waals surface area (Å²) >= 11 is 0.